The van der Waals surface area contributed by atoms with Gasteiger partial charge in [-0.2, -0.15) is 0 Å². The van der Waals surface area contributed by atoms with Crippen LogP contribution in [0, 0.1) is 6.92 Å². The molecule has 0 heterocycles. The molecule has 0 amide bonds. The van der Waals surface area contributed by atoms with Gasteiger partial charge < -0.3 is 0 Å². The van der Waals surface area contributed by atoms with E-state index in [0.717, 1.165) is 0 Å². The van der Waals surface area contributed by atoms with Crippen molar-refractivity contribution < 1.29 is 16.8 Å². The van der Waals surface area contributed by atoms with E-state index in [1.807, 2.05) is 0 Å². The fourth-order valence-corrected chi connectivity index (χ4v) is 5.13. The molecule has 3 aromatic carbocycles. The molecule has 3 rings (SSSR count). The van der Waals surface area contributed by atoms with Crippen molar-refractivity contribution in [3.05, 3.63) is 83.4 Å². The summed E-state index contributed by atoms with van der Waals surface area (Å²) in [4.78, 5) is 0.0701. The first kappa shape index (κ1) is 20.2. The fraction of sp³-hybridized carbons (Fsp3) is 0.0526. The summed E-state index contributed by atoms with van der Waals surface area (Å²) >= 11 is 5.99. The summed E-state index contributed by atoms with van der Waals surface area (Å²) in [6, 6.07) is 18.5. The maximum absolute atomic E-state index is 12.6. The van der Waals surface area contributed by atoms with E-state index in [0.29, 0.717) is 16.3 Å². The summed E-state index contributed by atoms with van der Waals surface area (Å²) in [5.41, 5.74) is 1.10. The first-order chi connectivity index (χ1) is 13.2. The van der Waals surface area contributed by atoms with Crippen molar-refractivity contribution in [2.24, 2.45) is 0 Å². The molecule has 0 aliphatic heterocycles. The lowest BCUT2D eigenvalue weighted by Crippen LogP contribution is -2.15. The van der Waals surface area contributed by atoms with Gasteiger partial charge in [-0.1, -0.05) is 35.9 Å². The summed E-state index contributed by atoms with van der Waals surface area (Å²) in [6.07, 6.45) is 0. The second-order valence-corrected chi connectivity index (χ2v) is 9.70. The van der Waals surface area contributed by atoms with E-state index in [9.17, 15) is 16.8 Å². The SMILES string of the molecule is Cc1c(Cl)cccc1S(=O)(=O)Nc1ccc(S(=O)(=O)Nc2ccccc2)cc1. The summed E-state index contributed by atoms with van der Waals surface area (Å²) in [6.45, 7) is 1.61. The van der Waals surface area contributed by atoms with Crippen LogP contribution in [0.15, 0.2) is 82.6 Å². The Morgan fingerprint density at radius 2 is 1.25 bits per heavy atom. The molecule has 0 saturated heterocycles. The van der Waals surface area contributed by atoms with Gasteiger partial charge in [-0.3, -0.25) is 9.44 Å². The number of hydrogen-bond acceptors (Lipinski definition) is 4. The van der Waals surface area contributed by atoms with Gasteiger partial charge in [0.05, 0.1) is 9.79 Å². The number of anilines is 2. The minimum absolute atomic E-state index is 0.0123. The molecule has 0 unspecified atom stereocenters. The molecule has 0 spiro atoms. The molecule has 146 valence electrons. The van der Waals surface area contributed by atoms with Crippen molar-refractivity contribution in [1.29, 1.82) is 0 Å². The molecular weight excluding hydrogens is 420 g/mol. The van der Waals surface area contributed by atoms with Gasteiger partial charge in [-0.25, -0.2) is 16.8 Å². The predicted molar refractivity (Wildman–Crippen MR) is 111 cm³/mol. The molecule has 0 radical (unpaired) electrons. The van der Waals surface area contributed by atoms with E-state index in [2.05, 4.69) is 9.44 Å². The zero-order chi connectivity index (χ0) is 20.4. The molecule has 6 nitrogen and oxygen atoms in total. The van der Waals surface area contributed by atoms with Gasteiger partial charge in [-0.05, 0) is 61.0 Å². The van der Waals surface area contributed by atoms with Gasteiger partial charge in [0, 0.05) is 16.4 Å². The highest BCUT2D eigenvalue weighted by atomic mass is 35.5. The molecule has 0 aromatic heterocycles. The highest BCUT2D eigenvalue weighted by molar-refractivity contribution is 7.93. The predicted octanol–water partition coefficient (Wildman–Crippen LogP) is 4.25. The van der Waals surface area contributed by atoms with Crippen LogP contribution in [0.25, 0.3) is 0 Å². The van der Waals surface area contributed by atoms with E-state index < -0.39 is 20.0 Å². The Labute approximate surface area is 169 Å². The Bertz CT molecular complexity index is 1190. The lowest BCUT2D eigenvalue weighted by atomic mass is 10.2. The van der Waals surface area contributed by atoms with Gasteiger partial charge >= 0.3 is 0 Å². The summed E-state index contributed by atoms with van der Waals surface area (Å²) in [7, 11) is -7.65. The average Bonchev–Trinajstić information content (AvgIpc) is 2.64. The van der Waals surface area contributed by atoms with E-state index in [4.69, 9.17) is 11.6 Å². The number of rotatable bonds is 6. The number of hydrogen-bond donors (Lipinski definition) is 2. The molecule has 2 N–H and O–H groups in total. The van der Waals surface area contributed by atoms with E-state index >= 15 is 0 Å². The molecule has 0 aliphatic carbocycles. The van der Waals surface area contributed by atoms with Crippen LogP contribution in [0.3, 0.4) is 0 Å². The van der Waals surface area contributed by atoms with Gasteiger partial charge in [0.25, 0.3) is 20.0 Å². The molecule has 0 aliphatic rings. The molecule has 3 aromatic rings. The highest BCUT2D eigenvalue weighted by Gasteiger charge is 2.19. The third kappa shape index (κ3) is 4.46. The maximum Gasteiger partial charge on any atom is 0.262 e. The van der Waals surface area contributed by atoms with E-state index in [1.165, 1.54) is 30.3 Å². The standard InChI is InChI=1S/C19H17ClN2O4S2/c1-14-18(20)8-5-9-19(14)28(25,26)22-16-10-12-17(13-11-16)27(23,24)21-15-6-3-2-4-7-15/h2-13,21-22H,1H3. The zero-order valence-corrected chi connectivity index (χ0v) is 17.1. The van der Waals surface area contributed by atoms with Crippen LogP contribution >= 0.6 is 11.6 Å². The van der Waals surface area contributed by atoms with Crippen LogP contribution in [0.2, 0.25) is 5.02 Å². The van der Waals surface area contributed by atoms with Crippen molar-refractivity contribution in [2.45, 2.75) is 16.7 Å². The van der Waals surface area contributed by atoms with Gasteiger partial charge in [-0.15, -0.1) is 0 Å². The maximum atomic E-state index is 12.6. The Kier molecular flexibility index (Phi) is 5.64. The molecule has 0 bridgehead atoms. The molecule has 0 atom stereocenters. The van der Waals surface area contributed by atoms with Crippen LogP contribution in [-0.2, 0) is 20.0 Å². The van der Waals surface area contributed by atoms with Crippen LogP contribution in [0.5, 0.6) is 0 Å². The van der Waals surface area contributed by atoms with Gasteiger partial charge in [0.1, 0.15) is 0 Å². The number of benzene rings is 3. The average molecular weight is 437 g/mol. The largest absolute Gasteiger partial charge is 0.280 e. The van der Waals surface area contributed by atoms with E-state index in [1.54, 1.807) is 49.4 Å². The van der Waals surface area contributed by atoms with Crippen LogP contribution in [-0.4, -0.2) is 16.8 Å². The Balaban J connectivity index is 1.82. The fourth-order valence-electron chi connectivity index (χ4n) is 2.51. The number of halogens is 1. The lowest BCUT2D eigenvalue weighted by molar-refractivity contribution is 0.599. The molecule has 28 heavy (non-hydrogen) atoms. The molecule has 9 heteroatoms. The number of sulfonamides is 2. The van der Waals surface area contributed by atoms with Crippen molar-refractivity contribution in [1.82, 2.24) is 0 Å². The first-order valence-corrected chi connectivity index (χ1v) is 11.5. The summed E-state index contributed by atoms with van der Waals surface area (Å²) in [5, 5.41) is 0.344. The highest BCUT2D eigenvalue weighted by Crippen LogP contribution is 2.25. The lowest BCUT2D eigenvalue weighted by Gasteiger charge is -2.12. The third-order valence-electron chi connectivity index (χ3n) is 3.95. The second-order valence-electron chi connectivity index (χ2n) is 5.96. The molecule has 0 fully saturated rings. The quantitative estimate of drug-likeness (QED) is 0.604. The molecule has 0 saturated carbocycles. The first-order valence-electron chi connectivity index (χ1n) is 8.15. The normalized spacial score (nSPS) is 11.8. The number of para-hydroxylation sites is 1. The van der Waals surface area contributed by atoms with Gasteiger partial charge in [0.2, 0.25) is 0 Å². The van der Waals surface area contributed by atoms with E-state index in [-0.39, 0.29) is 15.5 Å². The summed E-state index contributed by atoms with van der Waals surface area (Å²) in [5.74, 6) is 0. The minimum Gasteiger partial charge on any atom is -0.280 e. The second kappa shape index (κ2) is 7.83. The monoisotopic (exact) mass is 436 g/mol. The topological polar surface area (TPSA) is 92.3 Å². The number of nitrogens with one attached hydrogen (secondary N) is 2. The van der Waals surface area contributed by atoms with Crippen molar-refractivity contribution >= 4 is 43.0 Å². The van der Waals surface area contributed by atoms with Crippen molar-refractivity contribution in [3.8, 4) is 0 Å². The molecular formula is C19H17ClN2O4S2. The Morgan fingerprint density at radius 3 is 1.89 bits per heavy atom. The van der Waals surface area contributed by atoms with Crippen molar-refractivity contribution in [2.75, 3.05) is 9.44 Å². The van der Waals surface area contributed by atoms with Crippen LogP contribution in [0.4, 0.5) is 11.4 Å². The van der Waals surface area contributed by atoms with Crippen LogP contribution in [0.1, 0.15) is 5.56 Å². The smallest absolute Gasteiger partial charge is 0.262 e. The Hall–Kier alpha value is -2.55. The van der Waals surface area contributed by atoms with Crippen LogP contribution < -0.4 is 9.44 Å². The minimum atomic E-state index is -3.86. The zero-order valence-electron chi connectivity index (χ0n) is 14.8. The Morgan fingerprint density at radius 1 is 0.679 bits per heavy atom. The summed E-state index contributed by atoms with van der Waals surface area (Å²) < 4.78 is 55.0. The van der Waals surface area contributed by atoms with Gasteiger partial charge in [0.15, 0.2) is 0 Å². The third-order valence-corrected chi connectivity index (χ3v) is 7.28. The van der Waals surface area contributed by atoms with Crippen molar-refractivity contribution in [3.63, 3.8) is 0 Å².